The second kappa shape index (κ2) is 6.09. The number of Topliss-reactive ketones (excluding diaryl/α,β-unsaturated/α-hetero) is 1. The molecule has 0 aromatic carbocycles. The molecule has 5 nitrogen and oxygen atoms in total. The van der Waals surface area contributed by atoms with Gasteiger partial charge in [0.2, 0.25) is 5.89 Å². The molecule has 100 valence electrons. The lowest BCUT2D eigenvalue weighted by Crippen LogP contribution is -2.25. The Bertz CT molecular complexity index is 395. The molecule has 1 saturated carbocycles. The number of carbonyl (C=O) groups is 1. The standard InChI is InChI=1S/C13H21N3O2/c1-3-16(4-2)8-7-12-14-13(18-15-12)9-11(17)10-5-6-10/h10H,3-9H2,1-2H3. The maximum absolute atomic E-state index is 11.6. The van der Waals surface area contributed by atoms with Gasteiger partial charge in [-0.3, -0.25) is 4.79 Å². The van der Waals surface area contributed by atoms with Gasteiger partial charge in [0.1, 0.15) is 5.78 Å². The quantitative estimate of drug-likeness (QED) is 0.700. The Morgan fingerprint density at radius 3 is 2.72 bits per heavy atom. The molecule has 1 aromatic rings. The summed E-state index contributed by atoms with van der Waals surface area (Å²) in [6, 6.07) is 0. The van der Waals surface area contributed by atoms with E-state index in [9.17, 15) is 4.79 Å². The zero-order valence-corrected chi connectivity index (χ0v) is 11.2. The average molecular weight is 251 g/mol. The lowest BCUT2D eigenvalue weighted by Gasteiger charge is -2.16. The highest BCUT2D eigenvalue weighted by Gasteiger charge is 2.30. The van der Waals surface area contributed by atoms with Gasteiger partial charge in [0.05, 0.1) is 6.42 Å². The smallest absolute Gasteiger partial charge is 0.234 e. The van der Waals surface area contributed by atoms with Crippen LogP contribution in [0.5, 0.6) is 0 Å². The molecule has 5 heteroatoms. The van der Waals surface area contributed by atoms with Crippen LogP contribution in [0, 0.1) is 5.92 Å². The molecule has 1 heterocycles. The molecule has 0 radical (unpaired) electrons. The number of rotatable bonds is 8. The largest absolute Gasteiger partial charge is 0.339 e. The van der Waals surface area contributed by atoms with E-state index in [4.69, 9.17) is 4.52 Å². The van der Waals surface area contributed by atoms with Crippen molar-refractivity contribution in [2.75, 3.05) is 19.6 Å². The summed E-state index contributed by atoms with van der Waals surface area (Å²) in [6.07, 6.45) is 3.15. The van der Waals surface area contributed by atoms with Crippen molar-refractivity contribution in [3.63, 3.8) is 0 Å². The number of likely N-dealkylation sites (N-methyl/N-ethyl adjacent to an activating group) is 1. The molecule has 2 rings (SSSR count). The van der Waals surface area contributed by atoms with Crippen molar-refractivity contribution in [1.29, 1.82) is 0 Å². The van der Waals surface area contributed by atoms with E-state index in [1.54, 1.807) is 0 Å². The summed E-state index contributed by atoms with van der Waals surface area (Å²) in [6.45, 7) is 7.27. The van der Waals surface area contributed by atoms with Crippen molar-refractivity contribution >= 4 is 5.78 Å². The summed E-state index contributed by atoms with van der Waals surface area (Å²) in [5, 5.41) is 3.92. The number of carbonyl (C=O) groups excluding carboxylic acids is 1. The van der Waals surface area contributed by atoms with Crippen molar-refractivity contribution in [1.82, 2.24) is 15.0 Å². The highest BCUT2D eigenvalue weighted by Crippen LogP contribution is 2.30. The molecule has 0 aliphatic heterocycles. The van der Waals surface area contributed by atoms with Gasteiger partial charge in [-0.2, -0.15) is 4.98 Å². The van der Waals surface area contributed by atoms with Crippen molar-refractivity contribution < 1.29 is 9.32 Å². The van der Waals surface area contributed by atoms with Gasteiger partial charge in [-0.15, -0.1) is 0 Å². The molecule has 0 bridgehead atoms. The van der Waals surface area contributed by atoms with Crippen LogP contribution in [0.2, 0.25) is 0 Å². The van der Waals surface area contributed by atoms with Gasteiger partial charge in [-0.25, -0.2) is 0 Å². The van der Waals surface area contributed by atoms with Crippen LogP contribution in [0.25, 0.3) is 0 Å². The van der Waals surface area contributed by atoms with Crippen LogP contribution in [0.1, 0.15) is 38.4 Å². The third-order valence-corrected chi connectivity index (χ3v) is 3.41. The summed E-state index contributed by atoms with van der Waals surface area (Å²) < 4.78 is 5.11. The second-order valence-electron chi connectivity index (χ2n) is 4.80. The number of ketones is 1. The minimum atomic E-state index is 0.244. The fraction of sp³-hybridized carbons (Fsp3) is 0.769. The number of hydrogen-bond donors (Lipinski definition) is 0. The predicted octanol–water partition coefficient (Wildman–Crippen LogP) is 1.48. The topological polar surface area (TPSA) is 59.2 Å². The first-order valence-corrected chi connectivity index (χ1v) is 6.79. The van der Waals surface area contributed by atoms with Gasteiger partial charge in [0.25, 0.3) is 0 Å². The molecule has 0 unspecified atom stereocenters. The van der Waals surface area contributed by atoms with E-state index in [1.807, 2.05) is 0 Å². The minimum Gasteiger partial charge on any atom is -0.339 e. The monoisotopic (exact) mass is 251 g/mol. The molecule has 0 saturated heterocycles. The van der Waals surface area contributed by atoms with Gasteiger partial charge in [0.15, 0.2) is 5.82 Å². The highest BCUT2D eigenvalue weighted by atomic mass is 16.5. The van der Waals surface area contributed by atoms with Crippen LogP contribution >= 0.6 is 0 Å². The molecular weight excluding hydrogens is 230 g/mol. The van der Waals surface area contributed by atoms with Gasteiger partial charge < -0.3 is 9.42 Å². The third kappa shape index (κ3) is 3.63. The summed E-state index contributed by atoms with van der Waals surface area (Å²) in [4.78, 5) is 18.2. The Labute approximate surface area is 108 Å². The first kappa shape index (κ1) is 13.2. The van der Waals surface area contributed by atoms with E-state index >= 15 is 0 Å². The van der Waals surface area contributed by atoms with E-state index in [0.717, 1.165) is 38.9 Å². The Balaban J connectivity index is 1.80. The molecule has 0 N–H and O–H groups in total. The molecule has 1 fully saturated rings. The first-order valence-electron chi connectivity index (χ1n) is 6.79. The van der Waals surface area contributed by atoms with E-state index in [1.165, 1.54) is 0 Å². The highest BCUT2D eigenvalue weighted by molar-refractivity contribution is 5.84. The zero-order valence-electron chi connectivity index (χ0n) is 11.2. The van der Waals surface area contributed by atoms with E-state index in [0.29, 0.717) is 18.1 Å². The molecule has 0 atom stereocenters. The van der Waals surface area contributed by atoms with Gasteiger partial charge in [-0.05, 0) is 25.9 Å². The predicted molar refractivity (Wildman–Crippen MR) is 67.2 cm³/mol. The number of hydrogen-bond acceptors (Lipinski definition) is 5. The first-order chi connectivity index (χ1) is 8.72. The van der Waals surface area contributed by atoms with Crippen LogP contribution in [0.3, 0.4) is 0 Å². The summed E-state index contributed by atoms with van der Waals surface area (Å²) in [7, 11) is 0. The lowest BCUT2D eigenvalue weighted by molar-refractivity contribution is -0.119. The van der Waals surface area contributed by atoms with E-state index in [-0.39, 0.29) is 11.7 Å². The number of aromatic nitrogens is 2. The normalized spacial score (nSPS) is 15.3. The maximum Gasteiger partial charge on any atom is 0.234 e. The molecular formula is C13H21N3O2. The van der Waals surface area contributed by atoms with Gasteiger partial charge in [0, 0.05) is 18.9 Å². The van der Waals surface area contributed by atoms with Crippen molar-refractivity contribution in [2.45, 2.75) is 39.5 Å². The van der Waals surface area contributed by atoms with Crippen molar-refractivity contribution in [3.8, 4) is 0 Å². The van der Waals surface area contributed by atoms with Crippen LogP contribution in [-0.2, 0) is 17.6 Å². The molecule has 0 spiro atoms. The zero-order chi connectivity index (χ0) is 13.0. The summed E-state index contributed by atoms with van der Waals surface area (Å²) in [5.41, 5.74) is 0. The molecule has 18 heavy (non-hydrogen) atoms. The van der Waals surface area contributed by atoms with E-state index in [2.05, 4.69) is 28.9 Å². The second-order valence-corrected chi connectivity index (χ2v) is 4.80. The Kier molecular flexibility index (Phi) is 4.47. The van der Waals surface area contributed by atoms with E-state index < -0.39 is 0 Å². The van der Waals surface area contributed by atoms with Crippen LogP contribution in [-0.4, -0.2) is 40.5 Å². The fourth-order valence-corrected chi connectivity index (χ4v) is 1.96. The molecule has 1 aliphatic carbocycles. The summed E-state index contributed by atoms with van der Waals surface area (Å²) in [5.74, 6) is 1.69. The molecule has 1 aliphatic rings. The number of nitrogens with zero attached hydrogens (tertiary/aromatic N) is 3. The third-order valence-electron chi connectivity index (χ3n) is 3.41. The molecule has 0 amide bonds. The average Bonchev–Trinajstić information content (AvgIpc) is 3.13. The maximum atomic E-state index is 11.6. The Hall–Kier alpha value is -1.23. The van der Waals surface area contributed by atoms with Crippen LogP contribution in [0.15, 0.2) is 4.52 Å². The lowest BCUT2D eigenvalue weighted by atomic mass is 10.2. The van der Waals surface area contributed by atoms with Crippen LogP contribution in [0.4, 0.5) is 0 Å². The van der Waals surface area contributed by atoms with Crippen LogP contribution < -0.4 is 0 Å². The Morgan fingerprint density at radius 2 is 2.11 bits per heavy atom. The summed E-state index contributed by atoms with van der Waals surface area (Å²) >= 11 is 0. The minimum absolute atomic E-state index is 0.244. The van der Waals surface area contributed by atoms with Gasteiger partial charge in [-0.1, -0.05) is 19.0 Å². The van der Waals surface area contributed by atoms with Crippen molar-refractivity contribution in [2.24, 2.45) is 5.92 Å². The Morgan fingerprint density at radius 1 is 1.39 bits per heavy atom. The van der Waals surface area contributed by atoms with Crippen molar-refractivity contribution in [3.05, 3.63) is 11.7 Å². The SMILES string of the molecule is CCN(CC)CCc1noc(CC(=O)C2CC2)n1. The van der Waals surface area contributed by atoms with Gasteiger partial charge >= 0.3 is 0 Å². The molecule has 1 aromatic heterocycles. The fourth-order valence-electron chi connectivity index (χ4n) is 1.96.